The molecule has 2 N–H and O–H groups in total. The Morgan fingerprint density at radius 3 is 2.88 bits per heavy atom. The molecule has 0 aliphatic carbocycles. The Labute approximate surface area is 208 Å². The van der Waals surface area contributed by atoms with Crippen molar-refractivity contribution in [2.45, 2.75) is 45.5 Å². The molecule has 3 aromatic rings. The van der Waals surface area contributed by atoms with Gasteiger partial charge in [-0.05, 0) is 37.6 Å². The van der Waals surface area contributed by atoms with Crippen LogP contribution in [0.25, 0.3) is 11.4 Å². The molecule has 4 rings (SSSR count). The second kappa shape index (κ2) is 11.6. The highest BCUT2D eigenvalue weighted by Crippen LogP contribution is 2.19. The molecular weight excluding hydrogens is 547 g/mol. The van der Waals surface area contributed by atoms with Crippen molar-refractivity contribution in [3.63, 3.8) is 0 Å². The standard InChI is InChI=1S/C20H25ClN8O2.HI/c1-3-22-20(24-15-8-9-17-25-16(12-30-2)27-29(17)11-15)23-10-18-26-19(28-31-18)13-4-6-14(21)7-5-13;/h4-7,15H,3,8-12H2,1-2H3,(H2,22,23,24);1H. The highest BCUT2D eigenvalue weighted by atomic mass is 127. The van der Waals surface area contributed by atoms with E-state index in [0.29, 0.717) is 35.1 Å². The van der Waals surface area contributed by atoms with Crippen LogP contribution in [-0.4, -0.2) is 50.6 Å². The SMILES string of the molecule is CCNC(=NCc1nc(-c2ccc(Cl)cc2)no1)NC1CCc2nc(COC)nn2C1.I. The topological polar surface area (TPSA) is 115 Å². The molecule has 3 heterocycles. The fraction of sp³-hybridized carbons (Fsp3) is 0.450. The molecule has 1 aliphatic rings. The molecule has 0 saturated heterocycles. The van der Waals surface area contributed by atoms with Gasteiger partial charge in [0.1, 0.15) is 19.0 Å². The lowest BCUT2D eigenvalue weighted by Crippen LogP contribution is -2.47. The van der Waals surface area contributed by atoms with E-state index in [-0.39, 0.29) is 36.6 Å². The third-order valence-corrected chi connectivity index (χ3v) is 5.06. The van der Waals surface area contributed by atoms with Crippen LogP contribution in [0.1, 0.15) is 30.9 Å². The first kappa shape index (κ1) is 24.4. The van der Waals surface area contributed by atoms with E-state index >= 15 is 0 Å². The number of hydrogen-bond acceptors (Lipinski definition) is 7. The van der Waals surface area contributed by atoms with Crippen LogP contribution in [0.2, 0.25) is 5.02 Å². The number of hydrogen-bond donors (Lipinski definition) is 2. The lowest BCUT2D eigenvalue weighted by molar-refractivity contribution is 0.177. The summed E-state index contributed by atoms with van der Waals surface area (Å²) in [5, 5.41) is 15.9. The van der Waals surface area contributed by atoms with Crippen LogP contribution >= 0.6 is 35.6 Å². The Hall–Kier alpha value is -2.25. The maximum absolute atomic E-state index is 5.93. The van der Waals surface area contributed by atoms with Gasteiger partial charge in [-0.3, -0.25) is 0 Å². The number of rotatable bonds is 7. The van der Waals surface area contributed by atoms with Crippen LogP contribution in [0.15, 0.2) is 33.8 Å². The van der Waals surface area contributed by atoms with Crippen LogP contribution < -0.4 is 10.6 Å². The number of nitrogens with one attached hydrogen (secondary N) is 2. The van der Waals surface area contributed by atoms with Gasteiger partial charge < -0.3 is 19.9 Å². The van der Waals surface area contributed by atoms with Crippen molar-refractivity contribution in [1.29, 1.82) is 0 Å². The number of methoxy groups -OCH3 is 1. The monoisotopic (exact) mass is 572 g/mol. The summed E-state index contributed by atoms with van der Waals surface area (Å²) in [7, 11) is 1.64. The number of halogens is 2. The number of ether oxygens (including phenoxy) is 1. The molecular formula is C20H26ClIN8O2. The second-order valence-corrected chi connectivity index (χ2v) is 7.59. The number of aliphatic imine (C=N–C) groups is 1. The van der Waals surface area contributed by atoms with E-state index in [1.54, 1.807) is 19.2 Å². The summed E-state index contributed by atoms with van der Waals surface area (Å²) >= 11 is 5.93. The van der Waals surface area contributed by atoms with Crippen LogP contribution in [0.3, 0.4) is 0 Å². The van der Waals surface area contributed by atoms with Crippen molar-refractivity contribution < 1.29 is 9.26 Å². The zero-order chi connectivity index (χ0) is 21.6. The summed E-state index contributed by atoms with van der Waals surface area (Å²) < 4.78 is 12.4. The van der Waals surface area contributed by atoms with Gasteiger partial charge in [0, 0.05) is 36.7 Å². The maximum atomic E-state index is 5.93. The normalized spacial score (nSPS) is 15.7. The maximum Gasteiger partial charge on any atom is 0.248 e. The smallest absolute Gasteiger partial charge is 0.248 e. The van der Waals surface area contributed by atoms with E-state index in [2.05, 4.69) is 35.8 Å². The molecule has 0 fully saturated rings. The summed E-state index contributed by atoms with van der Waals surface area (Å²) in [6.45, 7) is 4.18. The minimum atomic E-state index is 0. The molecule has 12 heteroatoms. The van der Waals surface area contributed by atoms with Gasteiger partial charge in [0.05, 0.1) is 6.54 Å². The van der Waals surface area contributed by atoms with Gasteiger partial charge in [0.25, 0.3) is 0 Å². The van der Waals surface area contributed by atoms with Crippen molar-refractivity contribution in [3.8, 4) is 11.4 Å². The number of aryl methyl sites for hydroxylation is 1. The molecule has 10 nitrogen and oxygen atoms in total. The van der Waals surface area contributed by atoms with E-state index in [1.807, 2.05) is 23.7 Å². The minimum absolute atomic E-state index is 0. The fourth-order valence-corrected chi connectivity index (χ4v) is 3.49. The summed E-state index contributed by atoms with van der Waals surface area (Å²) in [6.07, 6.45) is 1.79. The summed E-state index contributed by atoms with van der Waals surface area (Å²) in [6, 6.07) is 7.48. The average Bonchev–Trinajstić information content (AvgIpc) is 3.39. The van der Waals surface area contributed by atoms with E-state index in [1.165, 1.54) is 0 Å². The molecule has 0 bridgehead atoms. The first-order valence-corrected chi connectivity index (χ1v) is 10.6. The van der Waals surface area contributed by atoms with E-state index < -0.39 is 0 Å². The Balaban J connectivity index is 0.00000289. The third-order valence-electron chi connectivity index (χ3n) is 4.80. The number of nitrogens with zero attached hydrogens (tertiary/aromatic N) is 6. The molecule has 0 spiro atoms. The van der Waals surface area contributed by atoms with Gasteiger partial charge in [0.15, 0.2) is 11.8 Å². The van der Waals surface area contributed by atoms with Crippen molar-refractivity contribution in [2.24, 2.45) is 4.99 Å². The van der Waals surface area contributed by atoms with Gasteiger partial charge >= 0.3 is 0 Å². The van der Waals surface area contributed by atoms with E-state index in [4.69, 9.17) is 20.9 Å². The van der Waals surface area contributed by atoms with E-state index in [0.717, 1.165) is 37.3 Å². The number of benzene rings is 1. The largest absolute Gasteiger partial charge is 0.377 e. The quantitative estimate of drug-likeness (QED) is 0.252. The highest BCUT2D eigenvalue weighted by molar-refractivity contribution is 14.0. The molecule has 172 valence electrons. The molecule has 1 unspecified atom stereocenters. The van der Waals surface area contributed by atoms with Gasteiger partial charge in [-0.2, -0.15) is 10.1 Å². The van der Waals surface area contributed by atoms with Gasteiger partial charge in [-0.1, -0.05) is 16.8 Å². The predicted octanol–water partition coefficient (Wildman–Crippen LogP) is 2.82. The van der Waals surface area contributed by atoms with Crippen molar-refractivity contribution in [3.05, 3.63) is 46.8 Å². The van der Waals surface area contributed by atoms with Crippen molar-refractivity contribution in [2.75, 3.05) is 13.7 Å². The zero-order valence-electron chi connectivity index (χ0n) is 17.9. The Bertz CT molecular complexity index is 1040. The summed E-state index contributed by atoms with van der Waals surface area (Å²) in [4.78, 5) is 13.5. The van der Waals surface area contributed by atoms with E-state index in [9.17, 15) is 0 Å². The third kappa shape index (κ3) is 6.17. The van der Waals surface area contributed by atoms with Crippen LogP contribution in [-0.2, 0) is 30.9 Å². The van der Waals surface area contributed by atoms with Crippen LogP contribution in [0.5, 0.6) is 0 Å². The summed E-state index contributed by atoms with van der Waals surface area (Å²) in [5.74, 6) is 3.35. The Kier molecular flexibility index (Phi) is 8.82. The second-order valence-electron chi connectivity index (χ2n) is 7.15. The lowest BCUT2D eigenvalue weighted by atomic mass is 10.1. The van der Waals surface area contributed by atoms with Gasteiger partial charge in [-0.15, -0.1) is 24.0 Å². The zero-order valence-corrected chi connectivity index (χ0v) is 21.0. The Morgan fingerprint density at radius 1 is 1.31 bits per heavy atom. The van der Waals surface area contributed by atoms with Crippen molar-refractivity contribution >= 4 is 41.5 Å². The Morgan fingerprint density at radius 2 is 2.12 bits per heavy atom. The molecule has 0 saturated carbocycles. The lowest BCUT2D eigenvalue weighted by Gasteiger charge is -2.25. The summed E-state index contributed by atoms with van der Waals surface area (Å²) in [5.41, 5.74) is 0.840. The van der Waals surface area contributed by atoms with Crippen molar-refractivity contribution in [1.82, 2.24) is 35.5 Å². The molecule has 2 aromatic heterocycles. The van der Waals surface area contributed by atoms with Crippen LogP contribution in [0.4, 0.5) is 0 Å². The molecule has 0 amide bonds. The number of fused-ring (bicyclic) bond motifs is 1. The number of aromatic nitrogens is 5. The molecule has 1 atom stereocenters. The van der Waals surface area contributed by atoms with Gasteiger partial charge in [0.2, 0.25) is 11.7 Å². The predicted molar refractivity (Wildman–Crippen MR) is 131 cm³/mol. The molecule has 1 aromatic carbocycles. The van der Waals surface area contributed by atoms with Gasteiger partial charge in [-0.25, -0.2) is 14.7 Å². The fourth-order valence-electron chi connectivity index (χ4n) is 3.36. The molecule has 32 heavy (non-hydrogen) atoms. The number of guanidine groups is 1. The molecule has 0 radical (unpaired) electrons. The first-order chi connectivity index (χ1) is 15.1. The minimum Gasteiger partial charge on any atom is -0.377 e. The average molecular weight is 573 g/mol. The molecule has 1 aliphatic heterocycles. The first-order valence-electron chi connectivity index (χ1n) is 10.2. The highest BCUT2D eigenvalue weighted by Gasteiger charge is 2.22. The van der Waals surface area contributed by atoms with Crippen LogP contribution in [0, 0.1) is 0 Å².